The van der Waals surface area contributed by atoms with E-state index in [2.05, 4.69) is 4.98 Å². The molecule has 2 rings (SSSR count). The first-order valence-corrected chi connectivity index (χ1v) is 4.66. The molecule has 2 aromatic rings. The van der Waals surface area contributed by atoms with Crippen molar-refractivity contribution in [3.8, 4) is 5.75 Å². The third kappa shape index (κ3) is 1.23. The molecular weight excluding hydrogens is 174 g/mol. The van der Waals surface area contributed by atoms with Gasteiger partial charge in [-0.15, -0.1) is 0 Å². The Morgan fingerprint density at radius 1 is 1.14 bits per heavy atom. The van der Waals surface area contributed by atoms with E-state index in [9.17, 15) is 5.11 Å². The largest absolute Gasteiger partial charge is 0.507 e. The lowest BCUT2D eigenvalue weighted by atomic mass is 10.1. The predicted octanol–water partition coefficient (Wildman–Crippen LogP) is 2.87. The number of hydrogen-bond acceptors (Lipinski definition) is 2. The molecule has 0 aliphatic carbocycles. The molecule has 0 unspecified atom stereocenters. The van der Waals surface area contributed by atoms with Crippen molar-refractivity contribution >= 4 is 10.9 Å². The second-order valence-electron chi connectivity index (χ2n) is 3.69. The summed E-state index contributed by atoms with van der Waals surface area (Å²) in [7, 11) is 0. The number of aromatic hydroxyl groups is 1. The number of rotatable bonds is 0. The summed E-state index contributed by atoms with van der Waals surface area (Å²) in [4.78, 5) is 4.42. The van der Waals surface area contributed by atoms with E-state index in [-0.39, 0.29) is 0 Å². The Bertz CT molecular complexity index is 503. The van der Waals surface area contributed by atoms with Crippen LogP contribution in [0.25, 0.3) is 10.9 Å². The maximum absolute atomic E-state index is 9.92. The number of aromatic nitrogens is 1. The summed E-state index contributed by atoms with van der Waals surface area (Å²) in [6.07, 6.45) is 0. The summed E-state index contributed by atoms with van der Waals surface area (Å²) < 4.78 is 0. The summed E-state index contributed by atoms with van der Waals surface area (Å²) in [6.45, 7) is 5.81. The van der Waals surface area contributed by atoms with E-state index in [1.54, 1.807) is 0 Å². The summed E-state index contributed by atoms with van der Waals surface area (Å²) in [5.74, 6) is 0.358. The van der Waals surface area contributed by atoms with Crippen LogP contribution in [0.2, 0.25) is 0 Å². The summed E-state index contributed by atoms with van der Waals surface area (Å²) >= 11 is 0. The maximum atomic E-state index is 9.92. The zero-order valence-corrected chi connectivity index (χ0v) is 8.63. The molecule has 0 radical (unpaired) electrons. The molecule has 1 aromatic carbocycles. The van der Waals surface area contributed by atoms with Gasteiger partial charge in [-0.05, 0) is 32.9 Å². The Labute approximate surface area is 83.2 Å². The van der Waals surface area contributed by atoms with Gasteiger partial charge < -0.3 is 5.11 Å². The van der Waals surface area contributed by atoms with Crippen molar-refractivity contribution in [1.82, 2.24) is 4.98 Å². The van der Waals surface area contributed by atoms with Crippen LogP contribution in [-0.2, 0) is 0 Å². The van der Waals surface area contributed by atoms with Crippen LogP contribution in [0.1, 0.15) is 16.8 Å². The highest BCUT2D eigenvalue weighted by atomic mass is 16.3. The fourth-order valence-corrected chi connectivity index (χ4v) is 1.57. The van der Waals surface area contributed by atoms with E-state index >= 15 is 0 Å². The van der Waals surface area contributed by atoms with Crippen LogP contribution in [0.3, 0.4) is 0 Å². The molecule has 1 aromatic heterocycles. The predicted molar refractivity (Wildman–Crippen MR) is 57.6 cm³/mol. The monoisotopic (exact) mass is 187 g/mol. The van der Waals surface area contributed by atoms with Crippen LogP contribution < -0.4 is 0 Å². The molecule has 0 atom stereocenters. The first-order valence-electron chi connectivity index (χ1n) is 4.66. The number of benzene rings is 1. The number of aryl methyl sites for hydroxylation is 2. The van der Waals surface area contributed by atoms with Crippen molar-refractivity contribution in [3.05, 3.63) is 35.0 Å². The minimum atomic E-state index is 0.358. The molecule has 0 aliphatic rings. The van der Waals surface area contributed by atoms with Gasteiger partial charge in [0.25, 0.3) is 0 Å². The number of pyridine rings is 1. The molecule has 0 bridgehead atoms. The van der Waals surface area contributed by atoms with Crippen LogP contribution >= 0.6 is 0 Å². The Hall–Kier alpha value is -1.57. The normalized spacial score (nSPS) is 10.8. The number of hydrogen-bond donors (Lipinski definition) is 1. The summed E-state index contributed by atoms with van der Waals surface area (Å²) in [5, 5.41) is 10.8. The number of fused-ring (bicyclic) bond motifs is 1. The fraction of sp³-hybridized carbons (Fsp3) is 0.250. The molecule has 0 spiro atoms. The smallest absolute Gasteiger partial charge is 0.129 e. The molecule has 0 saturated heterocycles. The number of nitrogens with zero attached hydrogens (tertiary/aromatic N) is 1. The first kappa shape index (κ1) is 9.00. The SMILES string of the molecule is Cc1ccc2nc(C)c(C)c(O)c2c1. The van der Waals surface area contributed by atoms with Gasteiger partial charge in [0.05, 0.1) is 5.52 Å². The summed E-state index contributed by atoms with van der Waals surface area (Å²) in [6, 6.07) is 5.91. The topological polar surface area (TPSA) is 33.1 Å². The van der Waals surface area contributed by atoms with Crippen molar-refractivity contribution in [2.45, 2.75) is 20.8 Å². The highest BCUT2D eigenvalue weighted by Gasteiger charge is 2.07. The molecule has 2 heteroatoms. The van der Waals surface area contributed by atoms with Crippen LogP contribution in [0.4, 0.5) is 0 Å². The Balaban J connectivity index is 2.92. The maximum Gasteiger partial charge on any atom is 0.129 e. The molecule has 1 heterocycles. The second-order valence-corrected chi connectivity index (χ2v) is 3.69. The molecule has 0 amide bonds. The average molecular weight is 187 g/mol. The van der Waals surface area contributed by atoms with Gasteiger partial charge >= 0.3 is 0 Å². The van der Waals surface area contributed by atoms with E-state index in [0.717, 1.165) is 27.7 Å². The van der Waals surface area contributed by atoms with Gasteiger partial charge in [-0.25, -0.2) is 0 Å². The van der Waals surface area contributed by atoms with Crippen molar-refractivity contribution in [2.75, 3.05) is 0 Å². The van der Waals surface area contributed by atoms with Crippen LogP contribution in [0.5, 0.6) is 5.75 Å². The van der Waals surface area contributed by atoms with E-state index in [4.69, 9.17) is 0 Å². The van der Waals surface area contributed by atoms with Crippen molar-refractivity contribution in [1.29, 1.82) is 0 Å². The minimum absolute atomic E-state index is 0.358. The lowest BCUT2D eigenvalue weighted by Crippen LogP contribution is -1.90. The standard InChI is InChI=1S/C12H13NO/c1-7-4-5-11-10(6-7)12(14)8(2)9(3)13-11/h4-6H,1-3H3,(H,13,14). The van der Waals surface area contributed by atoms with E-state index in [0.29, 0.717) is 5.75 Å². The van der Waals surface area contributed by atoms with Gasteiger partial charge in [-0.2, -0.15) is 0 Å². The lowest BCUT2D eigenvalue weighted by Gasteiger charge is -2.07. The molecule has 72 valence electrons. The van der Waals surface area contributed by atoms with Gasteiger partial charge in [-0.3, -0.25) is 4.98 Å². The average Bonchev–Trinajstić information content (AvgIpc) is 2.16. The Morgan fingerprint density at radius 3 is 2.57 bits per heavy atom. The fourth-order valence-electron chi connectivity index (χ4n) is 1.57. The summed E-state index contributed by atoms with van der Waals surface area (Å²) in [5.41, 5.74) is 3.75. The minimum Gasteiger partial charge on any atom is -0.507 e. The van der Waals surface area contributed by atoms with Crippen molar-refractivity contribution < 1.29 is 5.11 Å². The van der Waals surface area contributed by atoms with Crippen molar-refractivity contribution in [2.24, 2.45) is 0 Å². The molecule has 0 fully saturated rings. The van der Waals surface area contributed by atoms with Gasteiger partial charge in [0, 0.05) is 16.6 Å². The Morgan fingerprint density at radius 2 is 1.86 bits per heavy atom. The van der Waals surface area contributed by atoms with E-state index in [1.165, 1.54) is 0 Å². The molecule has 0 aliphatic heterocycles. The quantitative estimate of drug-likeness (QED) is 0.688. The molecule has 2 nitrogen and oxygen atoms in total. The zero-order chi connectivity index (χ0) is 10.3. The lowest BCUT2D eigenvalue weighted by molar-refractivity contribution is 0.476. The van der Waals surface area contributed by atoms with E-state index in [1.807, 2.05) is 39.0 Å². The zero-order valence-electron chi connectivity index (χ0n) is 8.63. The molecule has 0 saturated carbocycles. The van der Waals surface area contributed by atoms with Gasteiger partial charge in [0.2, 0.25) is 0 Å². The highest BCUT2D eigenvalue weighted by Crippen LogP contribution is 2.29. The van der Waals surface area contributed by atoms with Crippen LogP contribution in [-0.4, -0.2) is 10.1 Å². The van der Waals surface area contributed by atoms with Crippen LogP contribution in [0, 0.1) is 20.8 Å². The van der Waals surface area contributed by atoms with Gasteiger partial charge in [0.15, 0.2) is 0 Å². The van der Waals surface area contributed by atoms with Crippen molar-refractivity contribution in [3.63, 3.8) is 0 Å². The second kappa shape index (κ2) is 2.98. The highest BCUT2D eigenvalue weighted by molar-refractivity contribution is 5.86. The third-order valence-electron chi connectivity index (χ3n) is 2.59. The molecule has 14 heavy (non-hydrogen) atoms. The molecule has 1 N–H and O–H groups in total. The first-order chi connectivity index (χ1) is 6.59. The van der Waals surface area contributed by atoms with Crippen LogP contribution in [0.15, 0.2) is 18.2 Å². The van der Waals surface area contributed by atoms with Gasteiger partial charge in [0.1, 0.15) is 5.75 Å². The van der Waals surface area contributed by atoms with E-state index < -0.39 is 0 Å². The third-order valence-corrected chi connectivity index (χ3v) is 2.59. The Kier molecular flexibility index (Phi) is 1.92. The molecular formula is C12H13NO. The van der Waals surface area contributed by atoms with Gasteiger partial charge in [-0.1, -0.05) is 11.6 Å².